The molecule has 23 heavy (non-hydrogen) atoms. The maximum absolute atomic E-state index is 12.4. The van der Waals surface area contributed by atoms with Crippen molar-refractivity contribution in [3.8, 4) is 0 Å². The van der Waals surface area contributed by atoms with Crippen LogP contribution in [0, 0.1) is 19.8 Å². The second kappa shape index (κ2) is 7.10. The third-order valence-corrected chi connectivity index (χ3v) is 5.01. The second-order valence-electron chi connectivity index (χ2n) is 6.79. The first kappa shape index (κ1) is 15.9. The number of carbonyl (C=O) groups excluding carboxylic acids is 1. The van der Waals surface area contributed by atoms with Gasteiger partial charge in [0.15, 0.2) is 5.78 Å². The molecule has 0 spiro atoms. The van der Waals surface area contributed by atoms with Crippen molar-refractivity contribution in [2.45, 2.75) is 32.6 Å². The highest BCUT2D eigenvalue weighted by molar-refractivity contribution is 5.96. The molecule has 1 aliphatic rings. The first-order chi connectivity index (χ1) is 11.1. The highest BCUT2D eigenvalue weighted by Gasteiger charge is 2.25. The number of hydrogen-bond donors (Lipinski definition) is 1. The van der Waals surface area contributed by atoms with Crippen LogP contribution in [0.2, 0.25) is 0 Å². The van der Waals surface area contributed by atoms with E-state index in [-0.39, 0.29) is 5.78 Å². The van der Waals surface area contributed by atoms with Gasteiger partial charge in [-0.15, -0.1) is 0 Å². The molecule has 0 amide bonds. The zero-order valence-electron chi connectivity index (χ0n) is 14.0. The Hall–Kier alpha value is -1.93. The van der Waals surface area contributed by atoms with Gasteiger partial charge >= 0.3 is 0 Å². The minimum absolute atomic E-state index is 0.262. The molecule has 0 aromatic heterocycles. The highest BCUT2D eigenvalue weighted by atomic mass is 16.1. The van der Waals surface area contributed by atoms with Crippen LogP contribution >= 0.6 is 0 Å². The zero-order chi connectivity index (χ0) is 16.2. The summed E-state index contributed by atoms with van der Waals surface area (Å²) in [6.07, 6.45) is 1.73. The molecule has 1 saturated heterocycles. The van der Waals surface area contributed by atoms with Crippen LogP contribution in [0.3, 0.4) is 0 Å². The molecule has 2 aromatic rings. The summed E-state index contributed by atoms with van der Waals surface area (Å²) in [7, 11) is 0. The third-order valence-electron chi connectivity index (χ3n) is 5.01. The summed E-state index contributed by atoms with van der Waals surface area (Å²) in [6, 6.07) is 16.4. The normalized spacial score (nSPS) is 21.1. The molecule has 1 N–H and O–H groups in total. The van der Waals surface area contributed by atoms with Crippen LogP contribution < -0.4 is 5.32 Å². The van der Waals surface area contributed by atoms with Gasteiger partial charge in [0.25, 0.3) is 0 Å². The van der Waals surface area contributed by atoms with E-state index >= 15 is 0 Å². The molecule has 2 heteroatoms. The fourth-order valence-electron chi connectivity index (χ4n) is 3.46. The van der Waals surface area contributed by atoms with E-state index in [1.807, 2.05) is 30.3 Å². The van der Waals surface area contributed by atoms with Gasteiger partial charge in [-0.05, 0) is 55.3 Å². The molecule has 1 heterocycles. The lowest BCUT2D eigenvalue weighted by atomic mass is 9.82. The molecule has 0 bridgehead atoms. The SMILES string of the molecule is Cc1ccc(C2CNCC(CC(=O)c3ccccc3)C2)cc1C. The van der Waals surface area contributed by atoms with Crippen LogP contribution in [0.25, 0.3) is 0 Å². The first-order valence-electron chi connectivity index (χ1n) is 8.49. The molecule has 0 aliphatic carbocycles. The fraction of sp³-hybridized carbons (Fsp3) is 0.381. The monoisotopic (exact) mass is 307 g/mol. The minimum atomic E-state index is 0.262. The van der Waals surface area contributed by atoms with Gasteiger partial charge in [-0.1, -0.05) is 48.5 Å². The number of carbonyl (C=O) groups is 1. The van der Waals surface area contributed by atoms with Gasteiger partial charge in [0.1, 0.15) is 0 Å². The van der Waals surface area contributed by atoms with Gasteiger partial charge in [-0.2, -0.15) is 0 Å². The Balaban J connectivity index is 1.66. The molecule has 0 saturated carbocycles. The lowest BCUT2D eigenvalue weighted by Gasteiger charge is -2.30. The standard InChI is InChI=1S/C21H25NO/c1-15-8-9-19(10-16(15)2)20-11-17(13-22-14-20)12-21(23)18-6-4-3-5-7-18/h3-10,17,20,22H,11-14H2,1-2H3. The van der Waals surface area contributed by atoms with Crippen molar-refractivity contribution in [3.63, 3.8) is 0 Å². The Bertz CT molecular complexity index is 677. The number of nitrogens with one attached hydrogen (secondary N) is 1. The largest absolute Gasteiger partial charge is 0.316 e. The number of Topliss-reactive ketones (excluding diaryl/α,β-unsaturated/α-hetero) is 1. The number of ketones is 1. The van der Waals surface area contributed by atoms with E-state index in [4.69, 9.17) is 0 Å². The summed E-state index contributed by atoms with van der Waals surface area (Å²) in [5, 5.41) is 3.52. The van der Waals surface area contributed by atoms with Crippen LogP contribution in [0.4, 0.5) is 0 Å². The van der Waals surface area contributed by atoms with Gasteiger partial charge in [0.2, 0.25) is 0 Å². The fourth-order valence-corrected chi connectivity index (χ4v) is 3.46. The number of benzene rings is 2. The molecule has 1 fully saturated rings. The number of rotatable bonds is 4. The first-order valence-corrected chi connectivity index (χ1v) is 8.49. The maximum Gasteiger partial charge on any atom is 0.163 e. The smallest absolute Gasteiger partial charge is 0.163 e. The Kier molecular flexibility index (Phi) is 4.92. The average molecular weight is 307 g/mol. The van der Waals surface area contributed by atoms with Crippen LogP contribution in [0.5, 0.6) is 0 Å². The van der Waals surface area contributed by atoms with Crippen molar-refractivity contribution in [1.82, 2.24) is 5.32 Å². The Morgan fingerprint density at radius 2 is 1.83 bits per heavy atom. The summed E-state index contributed by atoms with van der Waals surface area (Å²) in [5.74, 6) is 1.19. The molecule has 2 aromatic carbocycles. The van der Waals surface area contributed by atoms with Crippen molar-refractivity contribution < 1.29 is 4.79 Å². The van der Waals surface area contributed by atoms with Gasteiger partial charge in [-0.3, -0.25) is 4.79 Å². The maximum atomic E-state index is 12.4. The van der Waals surface area contributed by atoms with E-state index in [0.717, 1.165) is 25.1 Å². The predicted octanol–water partition coefficient (Wildman–Crippen LogP) is 4.27. The summed E-state index contributed by atoms with van der Waals surface area (Å²) >= 11 is 0. The van der Waals surface area contributed by atoms with Crippen LogP contribution in [0.15, 0.2) is 48.5 Å². The topological polar surface area (TPSA) is 29.1 Å². The molecule has 120 valence electrons. The van der Waals surface area contributed by atoms with Crippen molar-refractivity contribution in [3.05, 3.63) is 70.8 Å². The number of hydrogen-bond acceptors (Lipinski definition) is 2. The molecule has 0 radical (unpaired) electrons. The molecule has 2 atom stereocenters. The van der Waals surface area contributed by atoms with E-state index in [0.29, 0.717) is 18.3 Å². The van der Waals surface area contributed by atoms with E-state index in [2.05, 4.69) is 37.4 Å². The molecular weight excluding hydrogens is 282 g/mol. The summed E-state index contributed by atoms with van der Waals surface area (Å²) in [6.45, 7) is 6.28. The average Bonchev–Trinajstić information content (AvgIpc) is 2.58. The van der Waals surface area contributed by atoms with E-state index < -0.39 is 0 Å². The Morgan fingerprint density at radius 3 is 2.57 bits per heavy atom. The van der Waals surface area contributed by atoms with Crippen molar-refractivity contribution in [1.29, 1.82) is 0 Å². The summed E-state index contributed by atoms with van der Waals surface area (Å²) < 4.78 is 0. The Morgan fingerprint density at radius 1 is 1.04 bits per heavy atom. The Labute approximate surface area is 138 Å². The summed E-state index contributed by atoms with van der Waals surface area (Å²) in [4.78, 5) is 12.4. The highest BCUT2D eigenvalue weighted by Crippen LogP contribution is 2.30. The van der Waals surface area contributed by atoms with Crippen LogP contribution in [0.1, 0.15) is 45.8 Å². The van der Waals surface area contributed by atoms with E-state index in [1.165, 1.54) is 16.7 Å². The third kappa shape index (κ3) is 3.89. The lowest BCUT2D eigenvalue weighted by molar-refractivity contribution is 0.0951. The van der Waals surface area contributed by atoms with E-state index in [9.17, 15) is 4.79 Å². The van der Waals surface area contributed by atoms with Crippen molar-refractivity contribution in [2.75, 3.05) is 13.1 Å². The second-order valence-corrected chi connectivity index (χ2v) is 6.79. The molecule has 2 unspecified atom stereocenters. The molecule has 3 rings (SSSR count). The van der Waals surface area contributed by atoms with Crippen LogP contribution in [-0.2, 0) is 0 Å². The number of aryl methyl sites for hydroxylation is 2. The lowest BCUT2D eigenvalue weighted by Crippen LogP contribution is -2.36. The van der Waals surface area contributed by atoms with E-state index in [1.54, 1.807) is 0 Å². The zero-order valence-corrected chi connectivity index (χ0v) is 14.0. The van der Waals surface area contributed by atoms with Gasteiger partial charge in [0, 0.05) is 18.5 Å². The molecular formula is C21H25NO. The van der Waals surface area contributed by atoms with Crippen molar-refractivity contribution in [2.24, 2.45) is 5.92 Å². The molecule has 1 aliphatic heterocycles. The quantitative estimate of drug-likeness (QED) is 0.855. The van der Waals surface area contributed by atoms with Crippen LogP contribution in [-0.4, -0.2) is 18.9 Å². The summed E-state index contributed by atoms with van der Waals surface area (Å²) in [5.41, 5.74) is 4.93. The van der Waals surface area contributed by atoms with Gasteiger partial charge in [0.05, 0.1) is 0 Å². The van der Waals surface area contributed by atoms with Gasteiger partial charge < -0.3 is 5.32 Å². The number of piperidine rings is 1. The molecule has 2 nitrogen and oxygen atoms in total. The minimum Gasteiger partial charge on any atom is -0.316 e. The predicted molar refractivity (Wildman–Crippen MR) is 95.0 cm³/mol. The van der Waals surface area contributed by atoms with Gasteiger partial charge in [-0.25, -0.2) is 0 Å². The van der Waals surface area contributed by atoms with Crippen molar-refractivity contribution >= 4 is 5.78 Å².